The van der Waals surface area contributed by atoms with E-state index in [0.717, 1.165) is 11.1 Å². The van der Waals surface area contributed by atoms with Gasteiger partial charge in [0, 0.05) is 20.3 Å². The van der Waals surface area contributed by atoms with Gasteiger partial charge in [-0.15, -0.1) is 0 Å². The Bertz CT molecular complexity index is 625. The van der Waals surface area contributed by atoms with Gasteiger partial charge in [0.15, 0.2) is 0 Å². The molecule has 0 heterocycles. The summed E-state index contributed by atoms with van der Waals surface area (Å²) in [4.78, 5) is 0. The lowest BCUT2D eigenvalue weighted by Crippen LogP contribution is -2.34. The number of benzene rings is 2. The average molecular weight is 333 g/mol. The molecule has 0 unspecified atom stereocenters. The van der Waals surface area contributed by atoms with Gasteiger partial charge in [-0.05, 0) is 24.5 Å². The average Bonchev–Trinajstić information content (AvgIpc) is 2.62. The molecule has 2 aromatic rings. The summed E-state index contributed by atoms with van der Waals surface area (Å²) in [5.74, 6) is -0.421. The fourth-order valence-electron chi connectivity index (χ4n) is 2.55. The zero-order valence-corrected chi connectivity index (χ0v) is 14.7. The summed E-state index contributed by atoms with van der Waals surface area (Å²) in [6.45, 7) is 2.04. The molecular weight excluding hydrogens is 309 g/mol. The zero-order chi connectivity index (χ0) is 16.7. The van der Waals surface area contributed by atoms with Crippen LogP contribution in [0.1, 0.15) is 24.1 Å². The Labute approximate surface area is 138 Å². The summed E-state index contributed by atoms with van der Waals surface area (Å²) in [5.41, 5.74) is 2.21. The predicted octanol–water partition coefficient (Wildman–Crippen LogP) is 4.39. The third-order valence-electron chi connectivity index (χ3n) is 3.90. The third kappa shape index (κ3) is 4.76. The molecule has 0 aromatic heterocycles. The minimum absolute atomic E-state index is 0.0311. The van der Waals surface area contributed by atoms with Crippen LogP contribution < -0.4 is 5.32 Å². The van der Waals surface area contributed by atoms with E-state index in [0.29, 0.717) is 6.42 Å². The molecule has 23 heavy (non-hydrogen) atoms. The highest BCUT2D eigenvalue weighted by molar-refractivity contribution is 7.54. The van der Waals surface area contributed by atoms with Gasteiger partial charge in [0.05, 0.1) is 0 Å². The van der Waals surface area contributed by atoms with Gasteiger partial charge in [-0.2, -0.15) is 0 Å². The molecule has 0 aliphatic rings. The molecule has 0 amide bonds. The van der Waals surface area contributed by atoms with E-state index in [-0.39, 0.29) is 6.04 Å². The Morgan fingerprint density at radius 2 is 1.48 bits per heavy atom. The number of hydrogen-bond donors (Lipinski definition) is 1. The van der Waals surface area contributed by atoms with Crippen LogP contribution in [0.4, 0.5) is 0 Å². The van der Waals surface area contributed by atoms with Crippen molar-refractivity contribution in [1.82, 2.24) is 5.32 Å². The molecule has 124 valence electrons. The maximum Gasteiger partial charge on any atom is 0.347 e. The van der Waals surface area contributed by atoms with Crippen molar-refractivity contribution in [3.05, 3.63) is 71.8 Å². The van der Waals surface area contributed by atoms with Crippen LogP contribution in [-0.2, 0) is 20.0 Å². The van der Waals surface area contributed by atoms with Crippen molar-refractivity contribution < 1.29 is 13.6 Å². The molecule has 4 nitrogen and oxygen atoms in total. The fraction of sp³-hybridized carbons (Fsp3) is 0.333. The first kappa shape index (κ1) is 17.9. The first-order valence-electron chi connectivity index (χ1n) is 7.65. The highest BCUT2D eigenvalue weighted by atomic mass is 31.2. The maximum atomic E-state index is 12.9. The van der Waals surface area contributed by atoms with Gasteiger partial charge < -0.3 is 9.05 Å². The summed E-state index contributed by atoms with van der Waals surface area (Å²) in [7, 11) is -0.387. The van der Waals surface area contributed by atoms with Crippen molar-refractivity contribution in [2.75, 3.05) is 14.2 Å². The van der Waals surface area contributed by atoms with E-state index >= 15 is 0 Å². The van der Waals surface area contributed by atoms with Crippen LogP contribution in [0.15, 0.2) is 60.7 Å². The molecule has 0 radical (unpaired) electrons. The SMILES string of the molecule is COP(=O)(OC)[C@@H](Cc1ccccc1)N[C@H](C)c1ccccc1. The van der Waals surface area contributed by atoms with Crippen LogP contribution in [0.3, 0.4) is 0 Å². The number of hydrogen-bond acceptors (Lipinski definition) is 4. The van der Waals surface area contributed by atoms with Crippen LogP contribution in [-0.4, -0.2) is 20.0 Å². The minimum atomic E-state index is -3.24. The Morgan fingerprint density at radius 3 is 2.00 bits per heavy atom. The molecule has 1 N–H and O–H groups in total. The van der Waals surface area contributed by atoms with E-state index in [1.165, 1.54) is 14.2 Å². The quantitative estimate of drug-likeness (QED) is 0.728. The lowest BCUT2D eigenvalue weighted by molar-refractivity contribution is 0.255. The maximum absolute atomic E-state index is 12.9. The smallest absolute Gasteiger partial charge is 0.311 e. The van der Waals surface area contributed by atoms with Crippen LogP contribution in [0.2, 0.25) is 0 Å². The van der Waals surface area contributed by atoms with Crippen molar-refractivity contribution in [2.45, 2.75) is 25.2 Å². The molecule has 0 aliphatic carbocycles. The van der Waals surface area contributed by atoms with Crippen molar-refractivity contribution in [2.24, 2.45) is 0 Å². The van der Waals surface area contributed by atoms with Crippen LogP contribution in [0.5, 0.6) is 0 Å². The second kappa shape index (κ2) is 8.42. The van der Waals surface area contributed by atoms with Gasteiger partial charge in [-0.1, -0.05) is 60.7 Å². The van der Waals surface area contributed by atoms with Crippen molar-refractivity contribution >= 4 is 7.60 Å². The molecular formula is C18H24NO3P. The zero-order valence-electron chi connectivity index (χ0n) is 13.8. The van der Waals surface area contributed by atoms with E-state index in [1.807, 2.05) is 67.6 Å². The lowest BCUT2D eigenvalue weighted by atomic mass is 10.1. The van der Waals surface area contributed by atoms with Gasteiger partial charge in [-0.25, -0.2) is 0 Å². The second-order valence-corrected chi connectivity index (χ2v) is 7.84. The van der Waals surface area contributed by atoms with Crippen molar-refractivity contribution in [3.8, 4) is 0 Å². The molecule has 0 saturated heterocycles. The lowest BCUT2D eigenvalue weighted by Gasteiger charge is -2.28. The van der Waals surface area contributed by atoms with Gasteiger partial charge in [0.2, 0.25) is 0 Å². The molecule has 2 atom stereocenters. The number of rotatable bonds is 8. The number of nitrogens with one attached hydrogen (secondary N) is 1. The fourth-order valence-corrected chi connectivity index (χ4v) is 4.05. The molecule has 0 aliphatic heterocycles. The van der Waals surface area contributed by atoms with E-state index in [4.69, 9.17) is 9.05 Å². The normalized spacial score (nSPS) is 14.4. The van der Waals surface area contributed by atoms with E-state index in [2.05, 4.69) is 5.32 Å². The van der Waals surface area contributed by atoms with Crippen molar-refractivity contribution in [1.29, 1.82) is 0 Å². The molecule has 2 aromatic carbocycles. The van der Waals surface area contributed by atoms with Gasteiger partial charge in [0.1, 0.15) is 5.78 Å². The molecule has 0 spiro atoms. The Kier molecular flexibility index (Phi) is 6.55. The monoisotopic (exact) mass is 333 g/mol. The van der Waals surface area contributed by atoms with Gasteiger partial charge in [0.25, 0.3) is 0 Å². The van der Waals surface area contributed by atoms with Crippen LogP contribution in [0.25, 0.3) is 0 Å². The summed E-state index contributed by atoms with van der Waals surface area (Å²) in [6.07, 6.45) is 0.566. The Hall–Kier alpha value is -1.45. The molecule has 2 rings (SSSR count). The van der Waals surface area contributed by atoms with Gasteiger partial charge in [-0.3, -0.25) is 9.88 Å². The highest BCUT2D eigenvalue weighted by Crippen LogP contribution is 2.52. The summed E-state index contributed by atoms with van der Waals surface area (Å²) < 4.78 is 23.4. The third-order valence-corrected chi connectivity index (χ3v) is 6.02. The van der Waals surface area contributed by atoms with Crippen LogP contribution in [0, 0.1) is 0 Å². The van der Waals surface area contributed by atoms with Crippen molar-refractivity contribution in [3.63, 3.8) is 0 Å². The second-order valence-electron chi connectivity index (χ2n) is 5.41. The first-order chi connectivity index (χ1) is 11.1. The summed E-state index contributed by atoms with van der Waals surface area (Å²) >= 11 is 0. The molecule has 0 bridgehead atoms. The largest absolute Gasteiger partial charge is 0.347 e. The topological polar surface area (TPSA) is 47.6 Å². The van der Waals surface area contributed by atoms with Gasteiger partial charge >= 0.3 is 7.60 Å². The standard InChI is InChI=1S/C18H24NO3P/c1-15(17-12-8-5-9-13-17)19-18(23(20,21-2)22-3)14-16-10-6-4-7-11-16/h4-13,15,18-19H,14H2,1-3H3/t15-,18+/m1/s1. The van der Waals surface area contributed by atoms with E-state index in [1.54, 1.807) is 0 Å². The predicted molar refractivity (Wildman–Crippen MR) is 93.6 cm³/mol. The highest BCUT2D eigenvalue weighted by Gasteiger charge is 2.35. The molecule has 5 heteroatoms. The van der Waals surface area contributed by atoms with E-state index in [9.17, 15) is 4.57 Å². The summed E-state index contributed by atoms with van der Waals surface area (Å²) in [5, 5.41) is 3.41. The van der Waals surface area contributed by atoms with Crippen LogP contribution >= 0.6 is 7.60 Å². The van der Waals surface area contributed by atoms with E-state index < -0.39 is 13.4 Å². The Morgan fingerprint density at radius 1 is 0.957 bits per heavy atom. The Balaban J connectivity index is 2.21. The minimum Gasteiger partial charge on any atom is -0.311 e. The summed E-state index contributed by atoms with van der Waals surface area (Å²) in [6, 6.07) is 20.0. The molecule has 0 saturated carbocycles. The molecule has 0 fully saturated rings. The first-order valence-corrected chi connectivity index (χ1v) is 9.26.